The summed E-state index contributed by atoms with van der Waals surface area (Å²) in [6.45, 7) is 0.435. The van der Waals surface area contributed by atoms with Crippen molar-refractivity contribution in [1.29, 1.82) is 0 Å². The van der Waals surface area contributed by atoms with E-state index in [1.54, 1.807) is 0 Å². The third-order valence-corrected chi connectivity index (χ3v) is 3.37. The second kappa shape index (κ2) is 4.71. The average molecular weight is 235 g/mol. The van der Waals surface area contributed by atoms with Gasteiger partial charge in [-0.1, -0.05) is 12.8 Å². The Balaban J connectivity index is 2.14. The molecule has 0 spiro atoms. The largest absolute Gasteiger partial charge is 0.505 e. The predicted molar refractivity (Wildman–Crippen MR) is 63.6 cm³/mol. The number of carbonyl (C=O) groups excluding carboxylic acids is 1. The highest BCUT2D eigenvalue weighted by Gasteiger charge is 2.34. The van der Waals surface area contributed by atoms with Gasteiger partial charge in [0, 0.05) is 12.7 Å². The molecule has 1 saturated carbocycles. The maximum atomic E-state index is 12.0. The molecule has 1 aliphatic carbocycles. The van der Waals surface area contributed by atoms with Crippen molar-refractivity contribution in [2.45, 2.75) is 31.2 Å². The summed E-state index contributed by atoms with van der Waals surface area (Å²) in [7, 11) is 0. The Labute approximate surface area is 100 Å². The Bertz CT molecular complexity index is 414. The predicted octanol–water partition coefficient (Wildman–Crippen LogP) is 0.788. The fourth-order valence-electron chi connectivity index (χ4n) is 2.32. The van der Waals surface area contributed by atoms with Crippen molar-refractivity contribution in [3.05, 3.63) is 24.0 Å². The van der Waals surface area contributed by atoms with Crippen molar-refractivity contribution < 1.29 is 9.90 Å². The molecule has 0 radical (unpaired) electrons. The second-order valence-electron chi connectivity index (χ2n) is 4.54. The molecule has 2 rings (SSSR count). The number of pyridine rings is 1. The molecule has 1 amide bonds. The van der Waals surface area contributed by atoms with E-state index in [2.05, 4.69) is 10.3 Å². The van der Waals surface area contributed by atoms with Gasteiger partial charge in [-0.25, -0.2) is 0 Å². The van der Waals surface area contributed by atoms with Gasteiger partial charge in [0.2, 0.25) is 0 Å². The Morgan fingerprint density at radius 3 is 2.82 bits per heavy atom. The fraction of sp³-hybridized carbons (Fsp3) is 0.500. The van der Waals surface area contributed by atoms with Crippen LogP contribution in [0.25, 0.3) is 0 Å². The van der Waals surface area contributed by atoms with Gasteiger partial charge in [-0.3, -0.25) is 9.78 Å². The van der Waals surface area contributed by atoms with Gasteiger partial charge in [0.05, 0.1) is 17.3 Å². The molecule has 0 saturated heterocycles. The minimum absolute atomic E-state index is 0.102. The van der Waals surface area contributed by atoms with Gasteiger partial charge < -0.3 is 16.2 Å². The molecule has 92 valence electrons. The highest BCUT2D eigenvalue weighted by atomic mass is 16.3. The van der Waals surface area contributed by atoms with Crippen LogP contribution in [0.15, 0.2) is 18.5 Å². The number of rotatable bonds is 3. The monoisotopic (exact) mass is 235 g/mol. The van der Waals surface area contributed by atoms with E-state index in [1.807, 2.05) is 0 Å². The van der Waals surface area contributed by atoms with Gasteiger partial charge in [0.1, 0.15) is 5.75 Å². The highest BCUT2D eigenvalue weighted by molar-refractivity contribution is 5.97. The summed E-state index contributed by atoms with van der Waals surface area (Å²) >= 11 is 0. The molecule has 1 aromatic heterocycles. The average Bonchev–Trinajstić information content (AvgIpc) is 2.79. The third-order valence-electron chi connectivity index (χ3n) is 3.37. The third kappa shape index (κ3) is 2.39. The van der Waals surface area contributed by atoms with E-state index in [9.17, 15) is 9.90 Å². The lowest BCUT2D eigenvalue weighted by molar-refractivity contribution is 0.0900. The normalized spacial score (nSPS) is 17.9. The number of nitrogens with one attached hydrogen (secondary N) is 1. The lowest BCUT2D eigenvalue weighted by atomic mass is 9.97. The molecule has 1 fully saturated rings. The quantitative estimate of drug-likeness (QED) is 0.722. The molecule has 5 heteroatoms. The molecule has 1 heterocycles. The first-order valence-electron chi connectivity index (χ1n) is 5.82. The van der Waals surface area contributed by atoms with Crippen molar-refractivity contribution in [3.63, 3.8) is 0 Å². The molecule has 0 aromatic carbocycles. The number of aromatic hydroxyl groups is 1. The standard InChI is InChI=1S/C12H17N3O2/c13-8-12(4-1-2-5-12)15-11(17)9-3-6-14-7-10(9)16/h3,6-7,16H,1-2,4-5,8,13H2,(H,15,17). The molecule has 17 heavy (non-hydrogen) atoms. The van der Waals surface area contributed by atoms with Crippen molar-refractivity contribution in [3.8, 4) is 5.75 Å². The lowest BCUT2D eigenvalue weighted by Gasteiger charge is -2.28. The van der Waals surface area contributed by atoms with E-state index in [4.69, 9.17) is 5.73 Å². The van der Waals surface area contributed by atoms with Crippen LogP contribution in [0.1, 0.15) is 36.0 Å². The summed E-state index contributed by atoms with van der Waals surface area (Å²) < 4.78 is 0. The number of aromatic nitrogens is 1. The van der Waals surface area contributed by atoms with Gasteiger partial charge in [-0.05, 0) is 18.9 Å². The number of hydrogen-bond donors (Lipinski definition) is 3. The SMILES string of the molecule is NCC1(NC(=O)c2ccncc2O)CCCC1. The summed E-state index contributed by atoms with van der Waals surface area (Å²) in [5.41, 5.74) is 5.69. The topological polar surface area (TPSA) is 88.2 Å². The number of amides is 1. The maximum absolute atomic E-state index is 12.0. The zero-order valence-electron chi connectivity index (χ0n) is 9.65. The Hall–Kier alpha value is -1.62. The molecule has 1 aromatic rings. The first kappa shape index (κ1) is 11.9. The molecular formula is C12H17N3O2. The van der Waals surface area contributed by atoms with E-state index in [1.165, 1.54) is 18.5 Å². The van der Waals surface area contributed by atoms with Crippen molar-refractivity contribution in [2.24, 2.45) is 5.73 Å². The van der Waals surface area contributed by atoms with Crippen LogP contribution < -0.4 is 11.1 Å². The minimum Gasteiger partial charge on any atom is -0.505 e. The van der Waals surface area contributed by atoms with Crippen LogP contribution in [0.2, 0.25) is 0 Å². The van der Waals surface area contributed by atoms with Crippen LogP contribution in [0, 0.1) is 0 Å². The fourth-order valence-corrected chi connectivity index (χ4v) is 2.32. The Kier molecular flexibility index (Phi) is 3.28. The molecule has 0 aliphatic heterocycles. The summed E-state index contributed by atoms with van der Waals surface area (Å²) in [6.07, 6.45) is 6.72. The van der Waals surface area contributed by atoms with Crippen LogP contribution in [-0.4, -0.2) is 28.1 Å². The first-order chi connectivity index (χ1) is 8.17. The van der Waals surface area contributed by atoms with Gasteiger partial charge in [0.25, 0.3) is 5.91 Å². The van der Waals surface area contributed by atoms with Crippen LogP contribution in [0.3, 0.4) is 0 Å². The van der Waals surface area contributed by atoms with Crippen LogP contribution >= 0.6 is 0 Å². The zero-order valence-corrected chi connectivity index (χ0v) is 9.65. The van der Waals surface area contributed by atoms with Gasteiger partial charge in [-0.15, -0.1) is 0 Å². The number of nitrogens with two attached hydrogens (primary N) is 1. The van der Waals surface area contributed by atoms with Crippen molar-refractivity contribution in [1.82, 2.24) is 10.3 Å². The van der Waals surface area contributed by atoms with E-state index in [0.29, 0.717) is 6.54 Å². The van der Waals surface area contributed by atoms with Gasteiger partial charge in [-0.2, -0.15) is 0 Å². The molecule has 0 bridgehead atoms. The summed E-state index contributed by atoms with van der Waals surface area (Å²) in [5, 5.41) is 12.5. The van der Waals surface area contributed by atoms with E-state index >= 15 is 0 Å². The molecule has 1 aliphatic rings. The maximum Gasteiger partial charge on any atom is 0.255 e. The first-order valence-corrected chi connectivity index (χ1v) is 5.82. The molecule has 0 atom stereocenters. The smallest absolute Gasteiger partial charge is 0.255 e. The Morgan fingerprint density at radius 1 is 1.53 bits per heavy atom. The summed E-state index contributed by atoms with van der Waals surface area (Å²) in [5.74, 6) is -0.382. The summed E-state index contributed by atoms with van der Waals surface area (Å²) in [6, 6.07) is 1.50. The van der Waals surface area contributed by atoms with E-state index in [-0.39, 0.29) is 22.8 Å². The number of hydrogen-bond acceptors (Lipinski definition) is 4. The Morgan fingerprint density at radius 2 is 2.24 bits per heavy atom. The summed E-state index contributed by atoms with van der Waals surface area (Å²) in [4.78, 5) is 15.8. The lowest BCUT2D eigenvalue weighted by Crippen LogP contribution is -2.51. The van der Waals surface area contributed by atoms with Gasteiger partial charge >= 0.3 is 0 Å². The second-order valence-corrected chi connectivity index (χ2v) is 4.54. The zero-order chi connectivity index (χ0) is 12.3. The highest BCUT2D eigenvalue weighted by Crippen LogP contribution is 2.29. The van der Waals surface area contributed by atoms with E-state index in [0.717, 1.165) is 25.7 Å². The molecule has 4 N–H and O–H groups in total. The number of carbonyl (C=O) groups is 1. The van der Waals surface area contributed by atoms with Crippen LogP contribution in [0.5, 0.6) is 5.75 Å². The molecule has 5 nitrogen and oxygen atoms in total. The molecule has 0 unspecified atom stereocenters. The molecular weight excluding hydrogens is 218 g/mol. The van der Waals surface area contributed by atoms with Crippen LogP contribution in [0.4, 0.5) is 0 Å². The van der Waals surface area contributed by atoms with Crippen LogP contribution in [-0.2, 0) is 0 Å². The van der Waals surface area contributed by atoms with E-state index < -0.39 is 0 Å². The van der Waals surface area contributed by atoms with Crippen molar-refractivity contribution >= 4 is 5.91 Å². The van der Waals surface area contributed by atoms with Crippen molar-refractivity contribution in [2.75, 3.05) is 6.54 Å². The number of nitrogens with zero attached hydrogens (tertiary/aromatic N) is 1. The minimum atomic E-state index is -0.299. The van der Waals surface area contributed by atoms with Gasteiger partial charge in [0.15, 0.2) is 0 Å².